The number of phosphoric ester groups is 1. The average molecular weight is 728 g/mol. The van der Waals surface area contributed by atoms with Crippen LogP contribution in [0.4, 0.5) is 0 Å². The Bertz CT molecular complexity index is 864. The van der Waals surface area contributed by atoms with E-state index in [1.54, 1.807) is 6.26 Å². The minimum absolute atomic E-state index is 0.0671. The Morgan fingerprint density at radius 1 is 0.620 bits per heavy atom. The number of carbonyl (C=O) groups is 1. The van der Waals surface area contributed by atoms with E-state index in [1.807, 2.05) is 6.08 Å². The maximum absolute atomic E-state index is 12.4. The summed E-state index contributed by atoms with van der Waals surface area (Å²) in [7, 11) is -4.26. The van der Waals surface area contributed by atoms with Crippen LogP contribution in [-0.4, -0.2) is 43.3 Å². The van der Waals surface area contributed by atoms with Gasteiger partial charge in [0.1, 0.15) is 6.61 Å². The van der Waals surface area contributed by atoms with Gasteiger partial charge in [0.2, 0.25) is 0 Å². The molecule has 0 aromatic heterocycles. The molecule has 2 atom stereocenters. The molecule has 0 bridgehead atoms. The van der Waals surface area contributed by atoms with Gasteiger partial charge in [0.05, 0.1) is 19.5 Å². The topological polar surface area (TPSA) is 117 Å². The van der Waals surface area contributed by atoms with E-state index in [9.17, 15) is 14.3 Å². The highest BCUT2D eigenvalue weighted by Gasteiger charge is 2.24. The van der Waals surface area contributed by atoms with E-state index < -0.39 is 13.9 Å². The molecule has 0 aliphatic heterocycles. The third-order valence-electron chi connectivity index (χ3n) is 8.65. The zero-order valence-corrected chi connectivity index (χ0v) is 33.3. The molecular formula is C41H78NO7P. The largest absolute Gasteiger partial charge is 0.492 e. The molecule has 50 heavy (non-hydrogen) atoms. The predicted molar refractivity (Wildman–Crippen MR) is 210 cm³/mol. The molecule has 0 aromatic rings. The SMILES string of the molecule is CCCCCC=CCC=CCCCCCCCCCC(=O)OC[C@H](COP(=O)(O)OCCN)OC=CCCCCCCCCCCCCCC. The van der Waals surface area contributed by atoms with Gasteiger partial charge in [-0.2, -0.15) is 0 Å². The lowest BCUT2D eigenvalue weighted by molar-refractivity contribution is -0.147. The fraction of sp³-hybridized carbons (Fsp3) is 0.829. The molecule has 3 N–H and O–H groups in total. The zero-order chi connectivity index (χ0) is 36.6. The molecule has 8 nitrogen and oxygen atoms in total. The van der Waals surface area contributed by atoms with Crippen LogP contribution < -0.4 is 5.73 Å². The molecule has 1 unspecified atom stereocenters. The number of nitrogens with two attached hydrogens (primary N) is 1. The summed E-state index contributed by atoms with van der Waals surface area (Å²) < 4.78 is 33.1. The van der Waals surface area contributed by atoms with Crippen molar-refractivity contribution in [3.8, 4) is 0 Å². The first-order valence-corrected chi connectivity index (χ1v) is 22.0. The maximum atomic E-state index is 12.4. The van der Waals surface area contributed by atoms with E-state index >= 15 is 0 Å². The van der Waals surface area contributed by atoms with Crippen LogP contribution in [0.5, 0.6) is 0 Å². The van der Waals surface area contributed by atoms with Gasteiger partial charge in [-0.3, -0.25) is 13.8 Å². The van der Waals surface area contributed by atoms with Gasteiger partial charge in [0, 0.05) is 13.0 Å². The number of rotatable bonds is 39. The summed E-state index contributed by atoms with van der Waals surface area (Å²) in [5.41, 5.74) is 5.36. The van der Waals surface area contributed by atoms with E-state index in [1.165, 1.54) is 122 Å². The second-order valence-corrected chi connectivity index (χ2v) is 15.0. The molecule has 0 heterocycles. The lowest BCUT2D eigenvalue weighted by atomic mass is 10.0. The summed E-state index contributed by atoms with van der Waals surface area (Å²) in [4.78, 5) is 22.2. The van der Waals surface area contributed by atoms with Gasteiger partial charge >= 0.3 is 13.8 Å². The first-order valence-electron chi connectivity index (χ1n) is 20.5. The van der Waals surface area contributed by atoms with Crippen LogP contribution >= 0.6 is 7.82 Å². The molecule has 0 rings (SSSR count). The Hall–Kier alpha value is -1.44. The quantitative estimate of drug-likeness (QED) is 0.0211. The van der Waals surface area contributed by atoms with Crippen LogP contribution in [0.2, 0.25) is 0 Å². The Kier molecular flexibility index (Phi) is 37.7. The third-order valence-corrected chi connectivity index (χ3v) is 9.63. The molecule has 294 valence electrons. The van der Waals surface area contributed by atoms with E-state index in [4.69, 9.17) is 24.3 Å². The summed E-state index contributed by atoms with van der Waals surface area (Å²) in [5, 5.41) is 0. The lowest BCUT2D eigenvalue weighted by Gasteiger charge is -2.19. The van der Waals surface area contributed by atoms with Gasteiger partial charge in [-0.25, -0.2) is 4.57 Å². The average Bonchev–Trinajstić information content (AvgIpc) is 3.11. The fourth-order valence-corrected chi connectivity index (χ4v) is 6.30. The second kappa shape index (κ2) is 38.8. The number of allylic oxidation sites excluding steroid dienone is 5. The minimum atomic E-state index is -4.26. The predicted octanol–water partition coefficient (Wildman–Crippen LogP) is 12.2. The van der Waals surface area contributed by atoms with Crippen LogP contribution in [-0.2, 0) is 27.9 Å². The van der Waals surface area contributed by atoms with E-state index in [-0.39, 0.29) is 32.3 Å². The van der Waals surface area contributed by atoms with Crippen molar-refractivity contribution in [2.45, 2.75) is 193 Å². The van der Waals surface area contributed by atoms with Crippen molar-refractivity contribution >= 4 is 13.8 Å². The molecule has 9 heteroatoms. The van der Waals surface area contributed by atoms with Gasteiger partial charge in [-0.05, 0) is 57.4 Å². The normalized spacial score (nSPS) is 13.8. The highest BCUT2D eigenvalue weighted by atomic mass is 31.2. The van der Waals surface area contributed by atoms with Gasteiger partial charge in [-0.15, -0.1) is 0 Å². The van der Waals surface area contributed by atoms with Crippen LogP contribution in [0.25, 0.3) is 0 Å². The molecule has 0 fully saturated rings. The number of esters is 1. The fourth-order valence-electron chi connectivity index (χ4n) is 5.54. The number of phosphoric acid groups is 1. The molecule has 0 saturated carbocycles. The zero-order valence-electron chi connectivity index (χ0n) is 32.4. The molecule has 0 aliphatic rings. The number of unbranched alkanes of at least 4 members (excludes halogenated alkanes) is 22. The summed E-state index contributed by atoms with van der Waals surface area (Å²) in [6.45, 7) is 4.19. The highest BCUT2D eigenvalue weighted by molar-refractivity contribution is 7.47. The molecule has 0 radical (unpaired) electrons. The van der Waals surface area contributed by atoms with Crippen molar-refractivity contribution < 1.29 is 32.8 Å². The smallest absolute Gasteiger partial charge is 0.472 e. The van der Waals surface area contributed by atoms with Crippen LogP contribution in [0.15, 0.2) is 36.6 Å². The minimum Gasteiger partial charge on any atom is -0.492 e. The van der Waals surface area contributed by atoms with Crippen molar-refractivity contribution in [3.05, 3.63) is 36.6 Å². The van der Waals surface area contributed by atoms with Gasteiger partial charge in [0.15, 0.2) is 6.10 Å². The number of hydrogen-bond donors (Lipinski definition) is 2. The Balaban J connectivity index is 4.10. The molecule has 0 aromatic carbocycles. The Morgan fingerprint density at radius 3 is 1.62 bits per heavy atom. The molecule has 0 amide bonds. The first-order chi connectivity index (χ1) is 24.4. The van der Waals surface area contributed by atoms with Crippen LogP contribution in [0.1, 0.15) is 187 Å². The van der Waals surface area contributed by atoms with E-state index in [0.29, 0.717) is 6.42 Å². The van der Waals surface area contributed by atoms with Crippen molar-refractivity contribution in [1.82, 2.24) is 0 Å². The van der Waals surface area contributed by atoms with Crippen LogP contribution in [0.3, 0.4) is 0 Å². The van der Waals surface area contributed by atoms with Crippen molar-refractivity contribution in [2.75, 3.05) is 26.4 Å². The standard InChI is InChI=1S/C41H78NO7P/c1-3-5-7-9-11-13-15-17-19-20-21-22-24-26-28-30-32-34-41(43)47-38-40(39-49-50(44,45)48-37-35-42)46-36-33-31-29-27-25-23-18-16-14-12-10-8-6-4-2/h11,13,17,19,33,36,40H,3-10,12,14-16,18,20-32,34-35,37-39,42H2,1-2H3,(H,44,45)/t40-/m1/s1. The second-order valence-electron chi connectivity index (χ2n) is 13.6. The van der Waals surface area contributed by atoms with Gasteiger partial charge in [-0.1, -0.05) is 154 Å². The van der Waals surface area contributed by atoms with Crippen molar-refractivity contribution in [1.29, 1.82) is 0 Å². The van der Waals surface area contributed by atoms with E-state index in [0.717, 1.165) is 44.9 Å². The molecule has 0 saturated heterocycles. The van der Waals surface area contributed by atoms with E-state index in [2.05, 4.69) is 38.2 Å². The summed E-state index contributed by atoms with van der Waals surface area (Å²) in [5.74, 6) is -0.298. The van der Waals surface area contributed by atoms with Crippen molar-refractivity contribution in [2.24, 2.45) is 5.73 Å². The van der Waals surface area contributed by atoms with Crippen LogP contribution in [0, 0.1) is 0 Å². The number of carbonyl (C=O) groups excluding carboxylic acids is 1. The third kappa shape index (κ3) is 37.8. The Morgan fingerprint density at radius 2 is 1.08 bits per heavy atom. The number of hydrogen-bond acceptors (Lipinski definition) is 7. The summed E-state index contributed by atoms with van der Waals surface area (Å²) in [6.07, 6.45) is 44.0. The highest BCUT2D eigenvalue weighted by Crippen LogP contribution is 2.43. The number of ether oxygens (including phenoxy) is 2. The maximum Gasteiger partial charge on any atom is 0.472 e. The Labute approximate surface area is 308 Å². The van der Waals surface area contributed by atoms with Crippen molar-refractivity contribution in [3.63, 3.8) is 0 Å². The molecular weight excluding hydrogens is 649 g/mol. The first kappa shape index (κ1) is 48.6. The molecule has 0 aliphatic carbocycles. The molecule has 0 spiro atoms. The van der Waals surface area contributed by atoms with Gasteiger partial charge < -0.3 is 20.1 Å². The monoisotopic (exact) mass is 728 g/mol. The summed E-state index contributed by atoms with van der Waals surface area (Å²) >= 11 is 0. The lowest BCUT2D eigenvalue weighted by Crippen LogP contribution is -2.25. The summed E-state index contributed by atoms with van der Waals surface area (Å²) in [6, 6.07) is 0. The van der Waals surface area contributed by atoms with Gasteiger partial charge in [0.25, 0.3) is 0 Å².